The van der Waals surface area contributed by atoms with E-state index in [4.69, 9.17) is 0 Å². The van der Waals surface area contributed by atoms with Crippen molar-refractivity contribution in [3.8, 4) is 0 Å². The van der Waals surface area contributed by atoms with E-state index in [2.05, 4.69) is 13.2 Å². The third-order valence-electron chi connectivity index (χ3n) is 2.16. The Bertz CT molecular complexity index is 199. The average Bonchev–Trinajstić information content (AvgIpc) is 1.97. The second-order valence-electron chi connectivity index (χ2n) is 3.82. The van der Waals surface area contributed by atoms with Gasteiger partial charge in [0.1, 0.15) is 0 Å². The molecule has 0 saturated heterocycles. The number of rotatable bonds is 5. The van der Waals surface area contributed by atoms with Gasteiger partial charge in [-0.05, 0) is 26.2 Å². The first-order valence-electron chi connectivity index (χ1n) is 4.46. The number of alkyl halides is 2. The zero-order valence-corrected chi connectivity index (χ0v) is 8.66. The second-order valence-corrected chi connectivity index (χ2v) is 3.82. The summed E-state index contributed by atoms with van der Waals surface area (Å²) in [4.78, 5) is 0. The van der Waals surface area contributed by atoms with Crippen LogP contribution in [0.2, 0.25) is 0 Å². The van der Waals surface area contributed by atoms with E-state index in [9.17, 15) is 8.78 Å². The molecule has 0 aromatic heterocycles. The smallest absolute Gasteiger partial charge is 0.207 e. The number of allylic oxidation sites excluding steroid dienone is 2. The first-order valence-corrected chi connectivity index (χ1v) is 4.46. The van der Waals surface area contributed by atoms with Crippen LogP contribution in [0.5, 0.6) is 0 Å². The molecule has 13 heavy (non-hydrogen) atoms. The highest BCUT2D eigenvalue weighted by Crippen LogP contribution is 2.26. The minimum absolute atomic E-state index is 0.0829. The molecule has 0 aliphatic rings. The van der Waals surface area contributed by atoms with E-state index in [0.29, 0.717) is 6.42 Å². The predicted octanol–water partition coefficient (Wildman–Crippen LogP) is 4.19. The normalized spacial score (nSPS) is 13.9. The van der Waals surface area contributed by atoms with E-state index >= 15 is 0 Å². The third-order valence-corrected chi connectivity index (χ3v) is 2.16. The Morgan fingerprint density at radius 2 is 1.85 bits per heavy atom. The Hall–Kier alpha value is -0.660. The Morgan fingerprint density at radius 3 is 2.15 bits per heavy atom. The van der Waals surface area contributed by atoms with Crippen molar-refractivity contribution in [1.29, 1.82) is 0 Å². The van der Waals surface area contributed by atoms with Crippen LogP contribution in [-0.2, 0) is 0 Å². The summed E-state index contributed by atoms with van der Waals surface area (Å²) < 4.78 is 25.0. The summed E-state index contributed by atoms with van der Waals surface area (Å²) in [5.74, 6) is -2.47. The van der Waals surface area contributed by atoms with Gasteiger partial charge >= 0.3 is 0 Å². The molecule has 0 aromatic carbocycles. The van der Waals surface area contributed by atoms with E-state index < -0.39 is 5.92 Å². The molecule has 0 N–H and O–H groups in total. The Balaban J connectivity index is 3.95. The maximum absolute atomic E-state index is 12.5. The highest BCUT2D eigenvalue weighted by molar-refractivity contribution is 5.24. The molecule has 0 nitrogen and oxygen atoms in total. The lowest BCUT2D eigenvalue weighted by molar-refractivity contribution is 0.00843. The van der Waals surface area contributed by atoms with Crippen LogP contribution in [0.1, 0.15) is 33.6 Å². The summed E-state index contributed by atoms with van der Waals surface area (Å²) in [5, 5.41) is 0. The van der Waals surface area contributed by atoms with Gasteiger partial charge in [-0.3, -0.25) is 0 Å². The molecule has 0 aliphatic heterocycles. The van der Waals surface area contributed by atoms with Crippen molar-refractivity contribution in [1.82, 2.24) is 0 Å². The van der Waals surface area contributed by atoms with Gasteiger partial charge in [-0.2, -0.15) is 0 Å². The lowest BCUT2D eigenvalue weighted by atomic mass is 9.92. The van der Waals surface area contributed by atoms with Crippen LogP contribution in [-0.4, -0.2) is 5.92 Å². The number of hydrogen-bond acceptors (Lipinski definition) is 0. The molecule has 0 aliphatic carbocycles. The van der Waals surface area contributed by atoms with Crippen LogP contribution < -0.4 is 0 Å². The largest absolute Gasteiger partial charge is 0.245 e. The van der Waals surface area contributed by atoms with Crippen molar-refractivity contribution in [3.63, 3.8) is 0 Å². The standard InChI is InChI=1S/C11H18F2/c1-8(2)10(4)9(3)6-7-11(5,12)13/h9H,1,4,6-7H2,2-3,5H3. The lowest BCUT2D eigenvalue weighted by Gasteiger charge is -2.17. The van der Waals surface area contributed by atoms with Gasteiger partial charge < -0.3 is 0 Å². The number of halogens is 2. The average molecular weight is 188 g/mol. The molecule has 0 bridgehead atoms. The Labute approximate surface area is 79.3 Å². The van der Waals surface area contributed by atoms with Crippen molar-refractivity contribution in [2.75, 3.05) is 0 Å². The van der Waals surface area contributed by atoms with Gasteiger partial charge in [0.15, 0.2) is 0 Å². The first kappa shape index (κ1) is 12.3. The minimum Gasteiger partial charge on any atom is -0.207 e. The van der Waals surface area contributed by atoms with Gasteiger partial charge in [0.25, 0.3) is 0 Å². The van der Waals surface area contributed by atoms with Crippen molar-refractivity contribution in [2.24, 2.45) is 5.92 Å². The topological polar surface area (TPSA) is 0 Å². The molecule has 1 atom stereocenters. The van der Waals surface area contributed by atoms with Crippen LogP contribution in [0.3, 0.4) is 0 Å². The minimum atomic E-state index is -2.57. The SMILES string of the molecule is C=C(C)C(=C)C(C)CCC(C)(F)F. The molecule has 0 rings (SSSR count). The fraction of sp³-hybridized carbons (Fsp3) is 0.636. The fourth-order valence-corrected chi connectivity index (χ4v) is 1.06. The van der Waals surface area contributed by atoms with Crippen LogP contribution >= 0.6 is 0 Å². The molecular weight excluding hydrogens is 170 g/mol. The molecule has 0 aromatic rings. The molecule has 2 heteroatoms. The van der Waals surface area contributed by atoms with Gasteiger partial charge in [0.2, 0.25) is 5.92 Å². The third kappa shape index (κ3) is 5.56. The zero-order valence-electron chi connectivity index (χ0n) is 8.66. The van der Waals surface area contributed by atoms with E-state index in [0.717, 1.165) is 18.1 Å². The summed E-state index contributed by atoms with van der Waals surface area (Å²) in [5.41, 5.74) is 1.76. The summed E-state index contributed by atoms with van der Waals surface area (Å²) in [7, 11) is 0. The van der Waals surface area contributed by atoms with Crippen molar-refractivity contribution in [2.45, 2.75) is 39.5 Å². The molecule has 1 unspecified atom stereocenters. The van der Waals surface area contributed by atoms with Crippen LogP contribution in [0, 0.1) is 5.92 Å². The quantitative estimate of drug-likeness (QED) is 0.567. The van der Waals surface area contributed by atoms with Crippen molar-refractivity contribution in [3.05, 3.63) is 24.3 Å². The lowest BCUT2D eigenvalue weighted by Crippen LogP contribution is -2.12. The fourth-order valence-electron chi connectivity index (χ4n) is 1.06. The monoisotopic (exact) mass is 188 g/mol. The van der Waals surface area contributed by atoms with E-state index in [1.807, 2.05) is 13.8 Å². The second kappa shape index (κ2) is 4.54. The van der Waals surface area contributed by atoms with Gasteiger partial charge in [-0.1, -0.05) is 31.2 Å². The molecule has 0 fully saturated rings. The van der Waals surface area contributed by atoms with E-state index in [-0.39, 0.29) is 12.3 Å². The number of hydrogen-bond donors (Lipinski definition) is 0. The molecule has 0 heterocycles. The molecule has 0 radical (unpaired) electrons. The van der Waals surface area contributed by atoms with Gasteiger partial charge in [-0.15, -0.1) is 0 Å². The van der Waals surface area contributed by atoms with Gasteiger partial charge in [0, 0.05) is 6.42 Å². The molecule has 0 amide bonds. The van der Waals surface area contributed by atoms with Crippen LogP contribution in [0.25, 0.3) is 0 Å². The van der Waals surface area contributed by atoms with E-state index in [1.54, 1.807) is 0 Å². The molecule has 0 spiro atoms. The van der Waals surface area contributed by atoms with Crippen LogP contribution in [0.4, 0.5) is 8.78 Å². The summed E-state index contributed by atoms with van der Waals surface area (Å²) in [6, 6.07) is 0. The maximum Gasteiger partial charge on any atom is 0.245 e. The first-order chi connectivity index (χ1) is 5.74. The molecular formula is C11H18F2. The summed E-state index contributed by atoms with van der Waals surface area (Å²) in [6.45, 7) is 12.2. The Morgan fingerprint density at radius 1 is 1.38 bits per heavy atom. The Kier molecular flexibility index (Phi) is 4.31. The summed E-state index contributed by atoms with van der Waals surface area (Å²) in [6.07, 6.45) is 0.385. The van der Waals surface area contributed by atoms with Crippen molar-refractivity contribution < 1.29 is 8.78 Å². The highest BCUT2D eigenvalue weighted by Gasteiger charge is 2.22. The zero-order chi connectivity index (χ0) is 10.6. The molecule has 0 saturated carbocycles. The summed E-state index contributed by atoms with van der Waals surface area (Å²) >= 11 is 0. The highest BCUT2D eigenvalue weighted by atomic mass is 19.3. The van der Waals surface area contributed by atoms with Gasteiger partial charge in [-0.25, -0.2) is 8.78 Å². The molecule has 76 valence electrons. The van der Waals surface area contributed by atoms with E-state index in [1.165, 1.54) is 0 Å². The maximum atomic E-state index is 12.5. The van der Waals surface area contributed by atoms with Crippen LogP contribution in [0.15, 0.2) is 24.3 Å². The predicted molar refractivity (Wildman–Crippen MR) is 53.0 cm³/mol. The van der Waals surface area contributed by atoms with Crippen molar-refractivity contribution >= 4 is 0 Å². The van der Waals surface area contributed by atoms with Gasteiger partial charge in [0.05, 0.1) is 0 Å².